The van der Waals surface area contributed by atoms with Crippen LogP contribution in [-0.2, 0) is 0 Å². The average molecular weight is 637 g/mol. The van der Waals surface area contributed by atoms with Gasteiger partial charge in [0.15, 0.2) is 0 Å². The number of benzene rings is 9. The summed E-state index contributed by atoms with van der Waals surface area (Å²) < 4.78 is 2.42. The first-order valence-corrected chi connectivity index (χ1v) is 17.2. The van der Waals surface area contributed by atoms with Crippen molar-refractivity contribution in [3.8, 4) is 16.8 Å². The Balaban J connectivity index is 1.28. The number of aromatic nitrogens is 1. The first-order chi connectivity index (χ1) is 24.8. The van der Waals surface area contributed by atoms with Gasteiger partial charge < -0.3 is 9.47 Å². The number of hydrogen-bond acceptors (Lipinski definition) is 1. The molecule has 1 heterocycles. The zero-order valence-electron chi connectivity index (χ0n) is 27.4. The molecule has 0 atom stereocenters. The van der Waals surface area contributed by atoms with Crippen LogP contribution in [0.25, 0.3) is 70.9 Å². The summed E-state index contributed by atoms with van der Waals surface area (Å²) in [7, 11) is 0. The van der Waals surface area contributed by atoms with Gasteiger partial charge >= 0.3 is 0 Å². The molecule has 0 aliphatic rings. The van der Waals surface area contributed by atoms with Crippen LogP contribution in [0.15, 0.2) is 194 Å². The number of nitrogens with zero attached hydrogens (tertiary/aromatic N) is 2. The quantitative estimate of drug-likeness (QED) is 0.182. The average Bonchev–Trinajstić information content (AvgIpc) is 3.51. The van der Waals surface area contributed by atoms with Crippen molar-refractivity contribution in [2.24, 2.45) is 0 Å². The second-order valence-electron chi connectivity index (χ2n) is 13.0. The minimum absolute atomic E-state index is 1.11. The largest absolute Gasteiger partial charge is 0.310 e. The van der Waals surface area contributed by atoms with Crippen molar-refractivity contribution in [1.29, 1.82) is 0 Å². The molecule has 234 valence electrons. The Hall–Kier alpha value is -6.64. The minimum Gasteiger partial charge on any atom is -0.310 e. The van der Waals surface area contributed by atoms with Gasteiger partial charge in [-0.3, -0.25) is 0 Å². The second-order valence-corrected chi connectivity index (χ2v) is 13.0. The van der Waals surface area contributed by atoms with E-state index in [0.29, 0.717) is 0 Å². The first kappa shape index (κ1) is 28.4. The molecule has 0 aliphatic heterocycles. The number of anilines is 3. The summed E-state index contributed by atoms with van der Waals surface area (Å²) in [4.78, 5) is 2.42. The lowest BCUT2D eigenvalue weighted by Gasteiger charge is -2.28. The van der Waals surface area contributed by atoms with Crippen molar-refractivity contribution < 1.29 is 0 Å². The van der Waals surface area contributed by atoms with Crippen molar-refractivity contribution in [3.05, 3.63) is 194 Å². The lowest BCUT2D eigenvalue weighted by molar-refractivity contribution is 1.18. The molecule has 0 bridgehead atoms. The van der Waals surface area contributed by atoms with E-state index in [4.69, 9.17) is 0 Å². The summed E-state index contributed by atoms with van der Waals surface area (Å²) >= 11 is 0. The van der Waals surface area contributed by atoms with E-state index in [2.05, 4.69) is 204 Å². The monoisotopic (exact) mass is 636 g/mol. The Morgan fingerprint density at radius 3 is 1.86 bits per heavy atom. The Kier molecular flexibility index (Phi) is 6.53. The van der Waals surface area contributed by atoms with Gasteiger partial charge in [-0.25, -0.2) is 0 Å². The number of hydrogen-bond donors (Lipinski definition) is 0. The van der Waals surface area contributed by atoms with E-state index >= 15 is 0 Å². The molecule has 1 aromatic heterocycles. The summed E-state index contributed by atoms with van der Waals surface area (Å²) in [6.07, 6.45) is 0. The van der Waals surface area contributed by atoms with Crippen LogP contribution in [0, 0.1) is 0 Å². The summed E-state index contributed by atoms with van der Waals surface area (Å²) in [5.41, 5.74) is 9.40. The highest BCUT2D eigenvalue weighted by Crippen LogP contribution is 2.46. The molecule has 10 aromatic rings. The Labute approximate surface area is 290 Å². The van der Waals surface area contributed by atoms with Crippen LogP contribution >= 0.6 is 0 Å². The van der Waals surface area contributed by atoms with Crippen LogP contribution in [0.4, 0.5) is 17.1 Å². The molecule has 0 fully saturated rings. The smallest absolute Gasteiger partial charge is 0.0553 e. The summed E-state index contributed by atoms with van der Waals surface area (Å²) in [5.74, 6) is 0. The molecule has 0 aliphatic carbocycles. The van der Waals surface area contributed by atoms with Gasteiger partial charge in [0.1, 0.15) is 0 Å². The third-order valence-electron chi connectivity index (χ3n) is 10.1. The minimum atomic E-state index is 1.11. The number of rotatable bonds is 5. The van der Waals surface area contributed by atoms with E-state index in [9.17, 15) is 0 Å². The third-order valence-corrected chi connectivity index (χ3v) is 10.1. The van der Waals surface area contributed by atoms with E-state index in [0.717, 1.165) is 22.7 Å². The zero-order chi connectivity index (χ0) is 33.0. The fourth-order valence-electron chi connectivity index (χ4n) is 7.89. The van der Waals surface area contributed by atoms with E-state index in [1.807, 2.05) is 0 Å². The predicted molar refractivity (Wildman–Crippen MR) is 213 cm³/mol. The van der Waals surface area contributed by atoms with E-state index in [1.54, 1.807) is 0 Å². The fourth-order valence-corrected chi connectivity index (χ4v) is 7.89. The van der Waals surface area contributed by atoms with Crippen molar-refractivity contribution in [3.63, 3.8) is 0 Å². The van der Waals surface area contributed by atoms with Gasteiger partial charge in [0.05, 0.1) is 16.7 Å². The Morgan fingerprint density at radius 2 is 1.00 bits per heavy atom. The molecular weight excluding hydrogens is 605 g/mol. The summed E-state index contributed by atoms with van der Waals surface area (Å²) in [5, 5.41) is 9.87. The predicted octanol–water partition coefficient (Wildman–Crippen LogP) is 13.4. The Morgan fingerprint density at radius 1 is 0.360 bits per heavy atom. The molecule has 10 rings (SSSR count). The molecule has 9 aromatic carbocycles. The molecule has 0 saturated carbocycles. The highest BCUT2D eigenvalue weighted by molar-refractivity contribution is 6.23. The highest BCUT2D eigenvalue weighted by atomic mass is 15.1. The normalized spacial score (nSPS) is 11.6. The molecule has 2 nitrogen and oxygen atoms in total. The van der Waals surface area contributed by atoms with Gasteiger partial charge in [-0.15, -0.1) is 0 Å². The SMILES string of the molecule is c1ccc(-n2c3ccccc3c3c(-c4cccc(N(c5ccc6ccccc6c5)c5cccc6ccccc56)c4)c4ccccc4cc32)cc1. The number of para-hydroxylation sites is 2. The summed E-state index contributed by atoms with van der Waals surface area (Å²) in [6, 6.07) is 70.6. The lowest BCUT2D eigenvalue weighted by Crippen LogP contribution is -2.10. The van der Waals surface area contributed by atoms with Crippen LogP contribution < -0.4 is 4.90 Å². The molecule has 0 radical (unpaired) electrons. The first-order valence-electron chi connectivity index (χ1n) is 17.2. The van der Waals surface area contributed by atoms with Gasteiger partial charge in [-0.2, -0.15) is 0 Å². The van der Waals surface area contributed by atoms with Crippen LogP contribution in [0.3, 0.4) is 0 Å². The Bertz CT molecular complexity index is 2880. The van der Waals surface area contributed by atoms with E-state index < -0.39 is 0 Å². The van der Waals surface area contributed by atoms with Gasteiger partial charge in [-0.1, -0.05) is 140 Å². The molecule has 0 amide bonds. The highest BCUT2D eigenvalue weighted by Gasteiger charge is 2.21. The van der Waals surface area contributed by atoms with Crippen LogP contribution in [0.5, 0.6) is 0 Å². The fraction of sp³-hybridized carbons (Fsp3) is 0. The van der Waals surface area contributed by atoms with Crippen LogP contribution in [0.2, 0.25) is 0 Å². The van der Waals surface area contributed by atoms with E-state index in [-0.39, 0.29) is 0 Å². The van der Waals surface area contributed by atoms with Gasteiger partial charge in [0.2, 0.25) is 0 Å². The van der Waals surface area contributed by atoms with Crippen molar-refractivity contribution >= 4 is 71.2 Å². The topological polar surface area (TPSA) is 8.17 Å². The van der Waals surface area contributed by atoms with Crippen LogP contribution in [-0.4, -0.2) is 4.57 Å². The summed E-state index contributed by atoms with van der Waals surface area (Å²) in [6.45, 7) is 0. The van der Waals surface area contributed by atoms with Crippen molar-refractivity contribution in [2.45, 2.75) is 0 Å². The van der Waals surface area contributed by atoms with Gasteiger partial charge in [-0.05, 0) is 92.7 Å². The molecule has 0 saturated heterocycles. The van der Waals surface area contributed by atoms with Gasteiger partial charge in [0.25, 0.3) is 0 Å². The van der Waals surface area contributed by atoms with Crippen molar-refractivity contribution in [2.75, 3.05) is 4.90 Å². The van der Waals surface area contributed by atoms with E-state index in [1.165, 1.54) is 65.3 Å². The van der Waals surface area contributed by atoms with Crippen molar-refractivity contribution in [1.82, 2.24) is 4.57 Å². The van der Waals surface area contributed by atoms with Gasteiger partial charge in [0, 0.05) is 33.2 Å². The standard InChI is InChI=1S/C48H32N2/c1-2-20-38(21-3-1)50-45-26-11-10-25-43(45)48-46(50)32-36-17-7-9-24-42(36)47(48)37-19-12-22-39(31-37)49(40-29-28-33-14-4-5-16-35(33)30-40)44-27-13-18-34-15-6-8-23-41(34)44/h1-32H. The third kappa shape index (κ3) is 4.50. The molecular formula is C48H32N2. The lowest BCUT2D eigenvalue weighted by atomic mass is 9.92. The maximum atomic E-state index is 2.42. The molecule has 0 unspecified atom stereocenters. The number of fused-ring (bicyclic) bond motifs is 6. The molecule has 2 heteroatoms. The molecule has 0 N–H and O–H groups in total. The van der Waals surface area contributed by atoms with Crippen LogP contribution in [0.1, 0.15) is 0 Å². The molecule has 50 heavy (non-hydrogen) atoms. The maximum Gasteiger partial charge on any atom is 0.0553 e. The zero-order valence-corrected chi connectivity index (χ0v) is 27.4. The maximum absolute atomic E-state index is 2.42. The second kappa shape index (κ2) is 11.5. The molecule has 0 spiro atoms.